The number of methoxy groups -OCH3 is 2. The van der Waals surface area contributed by atoms with Crippen molar-refractivity contribution in [1.29, 1.82) is 5.26 Å². The number of rotatable bonds is 4. The first-order valence-electron chi connectivity index (χ1n) is 6.09. The lowest BCUT2D eigenvalue weighted by Crippen LogP contribution is -2.27. The molecule has 7 heteroatoms. The molecule has 106 valence electrons. The topological polar surface area (TPSA) is 88.6 Å². The summed E-state index contributed by atoms with van der Waals surface area (Å²) in [5.74, 6) is 0. The summed E-state index contributed by atoms with van der Waals surface area (Å²) in [6.45, 7) is 1.19. The highest BCUT2D eigenvalue weighted by Gasteiger charge is 2.33. The Bertz CT molecular complexity index is 543. The monoisotopic (exact) mass is 277 g/mol. The molecule has 1 aromatic carbocycles. The second-order valence-electron chi connectivity index (χ2n) is 4.52. The van der Waals surface area contributed by atoms with E-state index in [2.05, 4.69) is 0 Å². The summed E-state index contributed by atoms with van der Waals surface area (Å²) in [5.41, 5.74) is 0.571. The minimum atomic E-state index is -0.542. The molecular weight excluding hydrogens is 262 g/mol. The van der Waals surface area contributed by atoms with Gasteiger partial charge in [-0.2, -0.15) is 5.26 Å². The SMILES string of the molecule is COC1CN(c2ccc(C#N)c([N+](=O)[O-])c2)CC1OC. The number of nitro groups is 1. The van der Waals surface area contributed by atoms with E-state index < -0.39 is 4.92 Å². The number of hydrogen-bond donors (Lipinski definition) is 0. The Morgan fingerprint density at radius 1 is 1.35 bits per heavy atom. The molecule has 0 radical (unpaired) electrons. The summed E-state index contributed by atoms with van der Waals surface area (Å²) < 4.78 is 10.7. The van der Waals surface area contributed by atoms with Crippen LogP contribution in [-0.4, -0.2) is 44.4 Å². The van der Waals surface area contributed by atoms with Crippen LogP contribution in [0.4, 0.5) is 11.4 Å². The molecule has 2 atom stereocenters. The number of nitriles is 1. The average molecular weight is 277 g/mol. The van der Waals surface area contributed by atoms with Crippen molar-refractivity contribution >= 4 is 11.4 Å². The lowest BCUT2D eigenvalue weighted by molar-refractivity contribution is -0.385. The zero-order valence-corrected chi connectivity index (χ0v) is 11.3. The van der Waals surface area contributed by atoms with Crippen molar-refractivity contribution < 1.29 is 14.4 Å². The van der Waals surface area contributed by atoms with Gasteiger partial charge < -0.3 is 14.4 Å². The molecule has 1 fully saturated rings. The third-order valence-corrected chi connectivity index (χ3v) is 3.48. The molecule has 7 nitrogen and oxygen atoms in total. The smallest absolute Gasteiger partial charge is 0.289 e. The molecule has 0 aliphatic carbocycles. The fourth-order valence-electron chi connectivity index (χ4n) is 2.37. The summed E-state index contributed by atoms with van der Waals surface area (Å²) in [6.07, 6.45) is -0.149. The molecule has 2 unspecified atom stereocenters. The van der Waals surface area contributed by atoms with Gasteiger partial charge in [0.05, 0.1) is 4.92 Å². The zero-order chi connectivity index (χ0) is 14.7. The van der Waals surface area contributed by atoms with E-state index in [1.165, 1.54) is 12.1 Å². The first kappa shape index (κ1) is 14.2. The Morgan fingerprint density at radius 3 is 2.40 bits per heavy atom. The third-order valence-electron chi connectivity index (χ3n) is 3.48. The Balaban J connectivity index is 2.29. The van der Waals surface area contributed by atoms with Crippen LogP contribution in [0.25, 0.3) is 0 Å². The summed E-state index contributed by atoms with van der Waals surface area (Å²) in [5, 5.41) is 19.9. The lowest BCUT2D eigenvalue weighted by atomic mass is 10.1. The van der Waals surface area contributed by atoms with Crippen molar-refractivity contribution in [3.05, 3.63) is 33.9 Å². The van der Waals surface area contributed by atoms with Gasteiger partial charge in [-0.1, -0.05) is 0 Å². The molecule has 0 spiro atoms. The Hall–Kier alpha value is -2.17. The van der Waals surface area contributed by atoms with Gasteiger partial charge >= 0.3 is 0 Å². The number of benzene rings is 1. The van der Waals surface area contributed by atoms with Gasteiger partial charge in [-0.25, -0.2) is 0 Å². The van der Waals surface area contributed by atoms with E-state index in [9.17, 15) is 10.1 Å². The van der Waals surface area contributed by atoms with E-state index >= 15 is 0 Å². The van der Waals surface area contributed by atoms with Crippen LogP contribution in [0.15, 0.2) is 18.2 Å². The van der Waals surface area contributed by atoms with Crippen LogP contribution in [0.3, 0.4) is 0 Å². The van der Waals surface area contributed by atoms with Gasteiger partial charge in [0.2, 0.25) is 0 Å². The average Bonchev–Trinajstić information content (AvgIpc) is 2.89. The van der Waals surface area contributed by atoms with Gasteiger partial charge in [0, 0.05) is 39.1 Å². The highest BCUT2D eigenvalue weighted by molar-refractivity contribution is 5.61. The van der Waals surface area contributed by atoms with Crippen molar-refractivity contribution in [2.24, 2.45) is 0 Å². The van der Waals surface area contributed by atoms with E-state index in [4.69, 9.17) is 14.7 Å². The second-order valence-corrected chi connectivity index (χ2v) is 4.52. The van der Waals surface area contributed by atoms with Crippen LogP contribution < -0.4 is 4.90 Å². The molecule has 1 heterocycles. The third kappa shape index (κ3) is 2.57. The van der Waals surface area contributed by atoms with Gasteiger partial charge in [-0.3, -0.25) is 10.1 Å². The quantitative estimate of drug-likeness (QED) is 0.609. The maximum Gasteiger partial charge on any atom is 0.289 e. The highest BCUT2D eigenvalue weighted by Crippen LogP contribution is 2.28. The molecule has 0 N–H and O–H groups in total. The molecular formula is C13H15N3O4. The molecule has 2 rings (SSSR count). The molecule has 1 aromatic rings. The van der Waals surface area contributed by atoms with Crippen LogP contribution in [0.1, 0.15) is 5.56 Å². The predicted molar refractivity (Wildman–Crippen MR) is 71.6 cm³/mol. The van der Waals surface area contributed by atoms with Crippen molar-refractivity contribution in [3.63, 3.8) is 0 Å². The summed E-state index contributed by atoms with van der Waals surface area (Å²) in [6, 6.07) is 6.42. The lowest BCUT2D eigenvalue weighted by Gasteiger charge is -2.17. The van der Waals surface area contributed by atoms with Crippen LogP contribution in [0, 0.1) is 21.4 Å². The molecule has 1 aliphatic rings. The number of nitrogens with zero attached hydrogens (tertiary/aromatic N) is 3. The fraction of sp³-hybridized carbons (Fsp3) is 0.462. The number of hydrogen-bond acceptors (Lipinski definition) is 6. The van der Waals surface area contributed by atoms with Crippen LogP contribution >= 0.6 is 0 Å². The normalized spacial score (nSPS) is 21.8. The fourth-order valence-corrected chi connectivity index (χ4v) is 2.37. The van der Waals surface area contributed by atoms with Gasteiger partial charge in [0.15, 0.2) is 0 Å². The minimum Gasteiger partial charge on any atom is -0.377 e. The van der Waals surface area contributed by atoms with Gasteiger partial charge in [-0.05, 0) is 12.1 Å². The predicted octanol–water partition coefficient (Wildman–Crippen LogP) is 1.32. The molecule has 0 amide bonds. The van der Waals surface area contributed by atoms with Crippen LogP contribution in [0.5, 0.6) is 0 Å². The highest BCUT2D eigenvalue weighted by atomic mass is 16.6. The standard InChI is InChI=1S/C13H15N3O4/c1-19-12-7-15(8-13(12)20-2)10-4-3-9(6-14)11(5-10)16(17)18/h3-5,12-13H,7-8H2,1-2H3. The first-order valence-corrected chi connectivity index (χ1v) is 6.09. The van der Waals surface area contributed by atoms with Crippen molar-refractivity contribution in [3.8, 4) is 6.07 Å². The Labute approximate surface area is 116 Å². The van der Waals surface area contributed by atoms with E-state index in [0.717, 1.165) is 0 Å². The van der Waals surface area contributed by atoms with Gasteiger partial charge in [0.1, 0.15) is 23.8 Å². The minimum absolute atomic E-state index is 0.0597. The second kappa shape index (κ2) is 5.86. The maximum atomic E-state index is 11.0. The van der Waals surface area contributed by atoms with Crippen molar-refractivity contribution in [1.82, 2.24) is 0 Å². The number of nitro benzene ring substituents is 1. The van der Waals surface area contributed by atoms with Crippen LogP contribution in [0.2, 0.25) is 0 Å². The molecule has 1 aliphatic heterocycles. The summed E-state index contributed by atoms with van der Waals surface area (Å²) >= 11 is 0. The van der Waals surface area contributed by atoms with Gasteiger partial charge in [0.25, 0.3) is 5.69 Å². The first-order chi connectivity index (χ1) is 9.60. The molecule has 0 bridgehead atoms. The Morgan fingerprint density at radius 2 is 1.95 bits per heavy atom. The molecule has 20 heavy (non-hydrogen) atoms. The zero-order valence-electron chi connectivity index (χ0n) is 11.3. The number of ether oxygens (including phenoxy) is 2. The summed E-state index contributed by atoms with van der Waals surface area (Å²) in [4.78, 5) is 12.4. The largest absolute Gasteiger partial charge is 0.377 e. The van der Waals surface area contributed by atoms with Crippen molar-refractivity contribution in [2.45, 2.75) is 12.2 Å². The van der Waals surface area contributed by atoms with Crippen molar-refractivity contribution in [2.75, 3.05) is 32.2 Å². The van der Waals surface area contributed by atoms with Gasteiger partial charge in [-0.15, -0.1) is 0 Å². The number of anilines is 1. The van der Waals surface area contributed by atoms with E-state index in [1.54, 1.807) is 20.3 Å². The molecule has 0 aromatic heterocycles. The molecule has 1 saturated heterocycles. The van der Waals surface area contributed by atoms with E-state index in [0.29, 0.717) is 18.8 Å². The Kier molecular flexibility index (Phi) is 4.17. The van der Waals surface area contributed by atoms with E-state index in [-0.39, 0.29) is 23.5 Å². The van der Waals surface area contributed by atoms with E-state index in [1.807, 2.05) is 11.0 Å². The maximum absolute atomic E-state index is 11.0. The molecule has 0 saturated carbocycles. The summed E-state index contributed by atoms with van der Waals surface area (Å²) in [7, 11) is 3.23. The van der Waals surface area contributed by atoms with Crippen LogP contribution in [-0.2, 0) is 9.47 Å².